The average Bonchev–Trinajstić information content (AvgIpc) is 3.05. The SMILES string of the molecule is Cl.Cn1c2c(c3ccc(-n4ccc(OCc5ccccc5)cc4=O)cc31)CCNC2. The molecule has 4 aromatic rings. The fourth-order valence-electron chi connectivity index (χ4n) is 4.14. The molecule has 154 valence electrons. The van der Waals surface area contributed by atoms with Crippen molar-refractivity contribution < 1.29 is 4.74 Å². The largest absolute Gasteiger partial charge is 0.489 e. The Morgan fingerprint density at radius 3 is 2.70 bits per heavy atom. The van der Waals surface area contributed by atoms with Gasteiger partial charge in [0.1, 0.15) is 12.4 Å². The van der Waals surface area contributed by atoms with Gasteiger partial charge >= 0.3 is 0 Å². The van der Waals surface area contributed by atoms with Gasteiger partial charge in [0.25, 0.3) is 5.56 Å². The monoisotopic (exact) mass is 421 g/mol. The quantitative estimate of drug-likeness (QED) is 0.542. The molecule has 2 aromatic carbocycles. The third kappa shape index (κ3) is 3.62. The van der Waals surface area contributed by atoms with Gasteiger partial charge in [-0.25, -0.2) is 0 Å². The molecule has 6 heteroatoms. The van der Waals surface area contributed by atoms with Crippen molar-refractivity contribution in [2.24, 2.45) is 7.05 Å². The summed E-state index contributed by atoms with van der Waals surface area (Å²) in [5.74, 6) is 0.580. The highest BCUT2D eigenvalue weighted by Gasteiger charge is 2.18. The van der Waals surface area contributed by atoms with Crippen LogP contribution in [0.25, 0.3) is 16.6 Å². The number of rotatable bonds is 4. The first kappa shape index (κ1) is 20.3. The zero-order chi connectivity index (χ0) is 19.8. The fourth-order valence-corrected chi connectivity index (χ4v) is 4.14. The lowest BCUT2D eigenvalue weighted by Crippen LogP contribution is -2.24. The Labute approximate surface area is 181 Å². The Bertz CT molecular complexity index is 1240. The van der Waals surface area contributed by atoms with Gasteiger partial charge in [-0.3, -0.25) is 9.36 Å². The normalized spacial score (nSPS) is 13.0. The summed E-state index contributed by atoms with van der Waals surface area (Å²) in [6, 6.07) is 19.6. The molecule has 0 radical (unpaired) electrons. The molecule has 30 heavy (non-hydrogen) atoms. The van der Waals surface area contributed by atoms with Crippen molar-refractivity contribution >= 4 is 23.3 Å². The minimum atomic E-state index is -0.101. The van der Waals surface area contributed by atoms with Crippen LogP contribution in [0, 0.1) is 0 Å². The highest BCUT2D eigenvalue weighted by Crippen LogP contribution is 2.29. The average molecular weight is 422 g/mol. The standard InChI is InChI=1S/C24H23N3O2.ClH/c1-26-22-13-18(7-8-20(22)21-9-11-25-15-23(21)26)27-12-10-19(14-24(27)28)29-16-17-5-3-2-4-6-17;/h2-8,10,12-14,25H,9,11,15-16H2,1H3;1H. The first-order chi connectivity index (χ1) is 14.2. The van der Waals surface area contributed by atoms with E-state index in [-0.39, 0.29) is 18.0 Å². The summed E-state index contributed by atoms with van der Waals surface area (Å²) >= 11 is 0. The van der Waals surface area contributed by atoms with Crippen LogP contribution >= 0.6 is 12.4 Å². The second-order valence-corrected chi connectivity index (χ2v) is 7.46. The van der Waals surface area contributed by atoms with Gasteiger partial charge in [-0.05, 0) is 42.3 Å². The third-order valence-electron chi connectivity index (χ3n) is 5.68. The first-order valence-corrected chi connectivity index (χ1v) is 9.91. The van der Waals surface area contributed by atoms with Crippen molar-refractivity contribution in [3.8, 4) is 11.4 Å². The van der Waals surface area contributed by atoms with Gasteiger partial charge in [0, 0.05) is 36.9 Å². The zero-order valence-corrected chi connectivity index (χ0v) is 17.6. The first-order valence-electron chi connectivity index (χ1n) is 9.91. The number of aryl methyl sites for hydroxylation is 1. The van der Waals surface area contributed by atoms with Gasteiger partial charge < -0.3 is 14.6 Å². The summed E-state index contributed by atoms with van der Waals surface area (Å²) in [6.07, 6.45) is 2.83. The molecule has 0 unspecified atom stereocenters. The van der Waals surface area contributed by atoms with Crippen LogP contribution < -0.4 is 15.6 Å². The van der Waals surface area contributed by atoms with Crippen LogP contribution in [0.4, 0.5) is 0 Å². The van der Waals surface area contributed by atoms with Gasteiger partial charge in [0.2, 0.25) is 0 Å². The van der Waals surface area contributed by atoms with Gasteiger partial charge in [0.15, 0.2) is 0 Å². The molecule has 0 saturated heterocycles. The van der Waals surface area contributed by atoms with Crippen molar-refractivity contribution in [1.29, 1.82) is 0 Å². The zero-order valence-electron chi connectivity index (χ0n) is 16.8. The van der Waals surface area contributed by atoms with Crippen LogP contribution in [0.3, 0.4) is 0 Å². The van der Waals surface area contributed by atoms with Crippen LogP contribution in [0.2, 0.25) is 0 Å². The topological polar surface area (TPSA) is 48.2 Å². The number of fused-ring (bicyclic) bond motifs is 3. The highest BCUT2D eigenvalue weighted by molar-refractivity contribution is 5.87. The Hall–Kier alpha value is -3.02. The third-order valence-corrected chi connectivity index (χ3v) is 5.68. The smallest absolute Gasteiger partial charge is 0.258 e. The maximum Gasteiger partial charge on any atom is 0.258 e. The summed E-state index contributed by atoms with van der Waals surface area (Å²) < 4.78 is 9.69. The second-order valence-electron chi connectivity index (χ2n) is 7.46. The molecule has 0 spiro atoms. The molecule has 1 aliphatic rings. The predicted molar refractivity (Wildman–Crippen MR) is 122 cm³/mol. The Morgan fingerprint density at radius 2 is 1.90 bits per heavy atom. The fraction of sp³-hybridized carbons (Fsp3) is 0.208. The molecule has 5 nitrogen and oxygen atoms in total. The molecule has 0 saturated carbocycles. The van der Waals surface area contributed by atoms with Crippen molar-refractivity contribution in [1.82, 2.24) is 14.5 Å². The number of halogens is 1. The van der Waals surface area contributed by atoms with Crippen molar-refractivity contribution in [2.75, 3.05) is 6.54 Å². The van der Waals surface area contributed by atoms with E-state index in [4.69, 9.17) is 4.74 Å². The Balaban J connectivity index is 0.00000218. The molecule has 0 fully saturated rings. The molecule has 0 bridgehead atoms. The van der Waals surface area contributed by atoms with Crippen molar-refractivity contribution in [2.45, 2.75) is 19.6 Å². The minimum Gasteiger partial charge on any atom is -0.489 e. The molecule has 2 aromatic heterocycles. The summed E-state index contributed by atoms with van der Waals surface area (Å²) in [5.41, 5.74) is 5.75. The minimum absolute atomic E-state index is 0. The molecule has 0 aliphatic carbocycles. The number of benzene rings is 2. The summed E-state index contributed by atoms with van der Waals surface area (Å²) in [5, 5.41) is 4.72. The van der Waals surface area contributed by atoms with Crippen LogP contribution in [-0.4, -0.2) is 15.7 Å². The van der Waals surface area contributed by atoms with Crippen molar-refractivity contribution in [3.05, 3.63) is 94.0 Å². The Morgan fingerprint density at radius 1 is 1.07 bits per heavy atom. The van der Waals surface area contributed by atoms with E-state index in [0.717, 1.165) is 36.3 Å². The van der Waals surface area contributed by atoms with Gasteiger partial charge in [-0.15, -0.1) is 12.4 Å². The van der Waals surface area contributed by atoms with E-state index in [1.807, 2.05) is 42.5 Å². The van der Waals surface area contributed by atoms with Crippen LogP contribution in [0.1, 0.15) is 16.8 Å². The summed E-state index contributed by atoms with van der Waals surface area (Å²) in [4.78, 5) is 12.7. The van der Waals surface area contributed by atoms with Gasteiger partial charge in [-0.2, -0.15) is 0 Å². The molecular weight excluding hydrogens is 398 g/mol. The van der Waals surface area contributed by atoms with E-state index in [1.54, 1.807) is 16.8 Å². The maximum atomic E-state index is 12.7. The number of nitrogens with one attached hydrogen (secondary N) is 1. The second kappa shape index (κ2) is 8.38. The number of aromatic nitrogens is 2. The number of pyridine rings is 1. The maximum absolute atomic E-state index is 12.7. The van der Waals surface area contributed by atoms with Gasteiger partial charge in [0.05, 0.1) is 11.2 Å². The van der Waals surface area contributed by atoms with E-state index in [0.29, 0.717) is 12.4 Å². The highest BCUT2D eigenvalue weighted by atomic mass is 35.5. The molecule has 0 atom stereocenters. The molecule has 5 rings (SSSR count). The lowest BCUT2D eigenvalue weighted by molar-refractivity contribution is 0.305. The van der Waals surface area contributed by atoms with Crippen molar-refractivity contribution in [3.63, 3.8) is 0 Å². The lowest BCUT2D eigenvalue weighted by atomic mass is 10.0. The van der Waals surface area contributed by atoms with Crippen LogP contribution in [0.5, 0.6) is 5.75 Å². The number of ether oxygens (including phenoxy) is 1. The van der Waals surface area contributed by atoms with Gasteiger partial charge in [-0.1, -0.05) is 36.4 Å². The molecule has 0 amide bonds. The molecule has 1 N–H and O–H groups in total. The van der Waals surface area contributed by atoms with E-state index < -0.39 is 0 Å². The van der Waals surface area contributed by atoms with E-state index in [1.165, 1.54) is 16.6 Å². The predicted octanol–water partition coefficient (Wildman–Crippen LogP) is 3.98. The number of nitrogens with zero attached hydrogens (tertiary/aromatic N) is 2. The molecule has 1 aliphatic heterocycles. The summed E-state index contributed by atoms with van der Waals surface area (Å²) in [6.45, 7) is 2.35. The number of hydrogen-bond acceptors (Lipinski definition) is 3. The van der Waals surface area contributed by atoms with Crippen LogP contribution in [-0.2, 0) is 26.6 Å². The lowest BCUT2D eigenvalue weighted by Gasteiger charge is -2.14. The van der Waals surface area contributed by atoms with E-state index in [2.05, 4.69) is 29.1 Å². The number of hydrogen-bond donors (Lipinski definition) is 1. The Kier molecular flexibility index (Phi) is 5.66. The summed E-state index contributed by atoms with van der Waals surface area (Å²) in [7, 11) is 2.10. The van der Waals surface area contributed by atoms with E-state index >= 15 is 0 Å². The molecular formula is C24H24ClN3O2. The van der Waals surface area contributed by atoms with Crippen LogP contribution in [0.15, 0.2) is 71.7 Å². The molecule has 3 heterocycles. The van der Waals surface area contributed by atoms with E-state index in [9.17, 15) is 4.79 Å².